The first-order valence-corrected chi connectivity index (χ1v) is 11.0. The summed E-state index contributed by atoms with van der Waals surface area (Å²) in [5, 5.41) is 3.09. The molecule has 0 spiro atoms. The molecule has 154 valence electrons. The van der Waals surface area contributed by atoms with Gasteiger partial charge >= 0.3 is 0 Å². The van der Waals surface area contributed by atoms with E-state index in [1.54, 1.807) is 6.20 Å². The number of carbonyl (C=O) groups is 1. The van der Waals surface area contributed by atoms with Crippen LogP contribution in [0.1, 0.15) is 36.9 Å². The second kappa shape index (κ2) is 9.99. The Balaban J connectivity index is 1.23. The molecular weight excluding hydrogens is 360 g/mol. The van der Waals surface area contributed by atoms with Crippen molar-refractivity contribution < 1.29 is 4.79 Å². The predicted molar refractivity (Wildman–Crippen MR) is 115 cm³/mol. The van der Waals surface area contributed by atoms with E-state index < -0.39 is 0 Å². The Morgan fingerprint density at radius 3 is 2.55 bits per heavy atom. The van der Waals surface area contributed by atoms with Gasteiger partial charge in [0.1, 0.15) is 0 Å². The van der Waals surface area contributed by atoms with Gasteiger partial charge in [0.15, 0.2) is 0 Å². The molecule has 2 aliphatic heterocycles. The monoisotopic (exact) mass is 392 g/mol. The number of carbonyl (C=O) groups excluding carboxylic acids is 1. The molecule has 2 aliphatic rings. The number of amides is 1. The van der Waals surface area contributed by atoms with Crippen molar-refractivity contribution in [1.82, 2.24) is 20.1 Å². The minimum atomic E-state index is 0.106. The van der Waals surface area contributed by atoms with Gasteiger partial charge in [-0.3, -0.25) is 19.6 Å². The molecule has 5 nitrogen and oxygen atoms in total. The Bertz CT molecular complexity index is 759. The second-order valence-corrected chi connectivity index (χ2v) is 8.37. The molecule has 0 radical (unpaired) electrons. The summed E-state index contributed by atoms with van der Waals surface area (Å²) in [6.07, 6.45) is 6.29. The summed E-state index contributed by atoms with van der Waals surface area (Å²) in [5.41, 5.74) is 2.31. The Hall–Kier alpha value is -2.24. The van der Waals surface area contributed by atoms with Crippen molar-refractivity contribution in [2.45, 2.75) is 44.8 Å². The van der Waals surface area contributed by atoms with Crippen molar-refractivity contribution in [3.05, 3.63) is 66.0 Å². The van der Waals surface area contributed by atoms with Gasteiger partial charge in [0.05, 0.1) is 18.2 Å². The molecule has 0 aliphatic carbocycles. The number of nitrogens with one attached hydrogen (secondary N) is 1. The van der Waals surface area contributed by atoms with Crippen molar-refractivity contribution in [1.29, 1.82) is 0 Å². The minimum Gasteiger partial charge on any atom is -0.350 e. The highest BCUT2D eigenvalue weighted by Crippen LogP contribution is 2.24. The Labute approximate surface area is 174 Å². The summed E-state index contributed by atoms with van der Waals surface area (Å²) < 4.78 is 0. The average molecular weight is 393 g/mol. The molecule has 1 amide bonds. The molecule has 1 N–H and O–H groups in total. The molecule has 1 atom stereocenters. The van der Waals surface area contributed by atoms with Crippen LogP contribution < -0.4 is 5.32 Å². The van der Waals surface area contributed by atoms with E-state index in [9.17, 15) is 4.79 Å². The number of aromatic nitrogens is 1. The van der Waals surface area contributed by atoms with Crippen LogP contribution in [0.2, 0.25) is 0 Å². The lowest BCUT2D eigenvalue weighted by Crippen LogP contribution is -2.50. The molecule has 0 bridgehead atoms. The molecular formula is C24H32N4O. The van der Waals surface area contributed by atoms with Gasteiger partial charge in [-0.15, -0.1) is 0 Å². The zero-order valence-corrected chi connectivity index (χ0v) is 17.2. The molecule has 0 saturated carbocycles. The number of rotatable bonds is 6. The molecule has 2 aromatic rings. The van der Waals surface area contributed by atoms with Crippen molar-refractivity contribution in [2.75, 3.05) is 26.2 Å². The van der Waals surface area contributed by atoms with Gasteiger partial charge in [0, 0.05) is 25.3 Å². The first-order chi connectivity index (χ1) is 14.3. The second-order valence-electron chi connectivity index (χ2n) is 8.37. The van der Waals surface area contributed by atoms with Crippen LogP contribution in [0, 0.1) is 5.92 Å². The van der Waals surface area contributed by atoms with Crippen LogP contribution in [-0.2, 0) is 17.9 Å². The molecule has 4 rings (SSSR count). The first-order valence-electron chi connectivity index (χ1n) is 11.0. The quantitative estimate of drug-likeness (QED) is 0.821. The fourth-order valence-electron chi connectivity index (χ4n) is 4.66. The van der Waals surface area contributed by atoms with Crippen LogP contribution in [0.15, 0.2) is 54.7 Å². The van der Waals surface area contributed by atoms with E-state index in [4.69, 9.17) is 0 Å². The molecule has 3 heterocycles. The smallest absolute Gasteiger partial charge is 0.224 e. The van der Waals surface area contributed by atoms with Crippen LogP contribution in [0.5, 0.6) is 0 Å². The van der Waals surface area contributed by atoms with Gasteiger partial charge in [-0.05, 0) is 63.0 Å². The topological polar surface area (TPSA) is 48.5 Å². The van der Waals surface area contributed by atoms with Gasteiger partial charge in [0.2, 0.25) is 5.91 Å². The lowest BCUT2D eigenvalue weighted by atomic mass is 9.93. The van der Waals surface area contributed by atoms with Crippen LogP contribution >= 0.6 is 0 Å². The highest BCUT2D eigenvalue weighted by Gasteiger charge is 2.31. The third-order valence-corrected chi connectivity index (χ3v) is 6.32. The van der Waals surface area contributed by atoms with E-state index in [1.165, 1.54) is 18.4 Å². The number of benzene rings is 1. The SMILES string of the molecule is O=C(NCc1ccccn1)C1CCCN(C2CCN(Cc3ccccc3)CC2)C1. The molecule has 2 fully saturated rings. The zero-order valence-electron chi connectivity index (χ0n) is 17.2. The predicted octanol–water partition coefficient (Wildman–Crippen LogP) is 3.07. The Morgan fingerprint density at radius 2 is 1.79 bits per heavy atom. The Kier molecular flexibility index (Phi) is 6.91. The normalized spacial score (nSPS) is 21.7. The van der Waals surface area contributed by atoms with Crippen LogP contribution in [0.3, 0.4) is 0 Å². The molecule has 2 saturated heterocycles. The maximum atomic E-state index is 12.7. The highest BCUT2D eigenvalue weighted by atomic mass is 16.1. The number of likely N-dealkylation sites (tertiary alicyclic amines) is 2. The van der Waals surface area contributed by atoms with E-state index in [2.05, 4.69) is 50.4 Å². The summed E-state index contributed by atoms with van der Waals surface area (Å²) >= 11 is 0. The standard InChI is InChI=1S/C24H32N4O/c29-24(26-17-22-10-4-5-13-25-22)21-9-6-14-28(19-21)23-11-15-27(16-12-23)18-20-7-2-1-3-8-20/h1-5,7-8,10,13,21,23H,6,9,11-12,14-19H2,(H,26,29). The summed E-state index contributed by atoms with van der Waals surface area (Å²) in [5.74, 6) is 0.289. The van der Waals surface area contributed by atoms with Gasteiger partial charge < -0.3 is 5.32 Å². The van der Waals surface area contributed by atoms with E-state index in [1.807, 2.05) is 18.2 Å². The number of hydrogen-bond donors (Lipinski definition) is 1. The largest absolute Gasteiger partial charge is 0.350 e. The lowest BCUT2D eigenvalue weighted by Gasteiger charge is -2.42. The van der Waals surface area contributed by atoms with Crippen molar-refractivity contribution in [3.8, 4) is 0 Å². The van der Waals surface area contributed by atoms with Crippen molar-refractivity contribution in [3.63, 3.8) is 0 Å². The molecule has 1 unspecified atom stereocenters. The van der Waals surface area contributed by atoms with E-state index in [0.717, 1.165) is 51.3 Å². The van der Waals surface area contributed by atoms with E-state index in [0.29, 0.717) is 12.6 Å². The van der Waals surface area contributed by atoms with Crippen LogP contribution in [0.25, 0.3) is 0 Å². The minimum absolute atomic E-state index is 0.106. The molecule has 29 heavy (non-hydrogen) atoms. The number of pyridine rings is 1. The van der Waals surface area contributed by atoms with Gasteiger partial charge in [0.25, 0.3) is 0 Å². The van der Waals surface area contributed by atoms with Gasteiger partial charge in [-0.25, -0.2) is 0 Å². The third kappa shape index (κ3) is 5.64. The third-order valence-electron chi connectivity index (χ3n) is 6.32. The summed E-state index contributed by atoms with van der Waals surface area (Å²) in [4.78, 5) is 22.1. The van der Waals surface area contributed by atoms with Gasteiger partial charge in [-0.1, -0.05) is 36.4 Å². The van der Waals surface area contributed by atoms with Crippen molar-refractivity contribution in [2.24, 2.45) is 5.92 Å². The fourth-order valence-corrected chi connectivity index (χ4v) is 4.66. The fraction of sp³-hybridized carbons (Fsp3) is 0.500. The van der Waals surface area contributed by atoms with E-state index >= 15 is 0 Å². The van der Waals surface area contributed by atoms with Crippen LogP contribution in [0.4, 0.5) is 0 Å². The summed E-state index contributed by atoms with van der Waals surface area (Å²) in [7, 11) is 0. The maximum Gasteiger partial charge on any atom is 0.224 e. The van der Waals surface area contributed by atoms with Gasteiger partial charge in [-0.2, -0.15) is 0 Å². The Morgan fingerprint density at radius 1 is 1.00 bits per heavy atom. The first kappa shape index (κ1) is 20.0. The molecule has 1 aromatic heterocycles. The maximum absolute atomic E-state index is 12.7. The van der Waals surface area contributed by atoms with Crippen LogP contribution in [-0.4, -0.2) is 52.9 Å². The highest BCUT2D eigenvalue weighted by molar-refractivity contribution is 5.78. The van der Waals surface area contributed by atoms with E-state index in [-0.39, 0.29) is 11.8 Å². The zero-order chi connectivity index (χ0) is 19.9. The molecule has 1 aromatic carbocycles. The summed E-state index contributed by atoms with van der Waals surface area (Å²) in [6, 6.07) is 17.2. The average Bonchev–Trinajstić information content (AvgIpc) is 2.79. The number of piperidine rings is 2. The number of nitrogens with zero attached hydrogens (tertiary/aromatic N) is 3. The lowest BCUT2D eigenvalue weighted by molar-refractivity contribution is -0.127. The summed E-state index contributed by atoms with van der Waals surface area (Å²) in [6.45, 7) is 5.89. The number of hydrogen-bond acceptors (Lipinski definition) is 4. The molecule has 5 heteroatoms. The van der Waals surface area contributed by atoms with Crippen molar-refractivity contribution >= 4 is 5.91 Å².